The molecule has 0 spiro atoms. The summed E-state index contributed by atoms with van der Waals surface area (Å²) in [6.45, 7) is 5.33. The molecule has 0 saturated carbocycles. The van der Waals surface area contributed by atoms with Gasteiger partial charge in [-0.3, -0.25) is 4.99 Å². The Kier molecular flexibility index (Phi) is 6.90. The van der Waals surface area contributed by atoms with Gasteiger partial charge in [0, 0.05) is 18.5 Å². The Labute approximate surface area is 153 Å². The Bertz CT molecular complexity index is 726. The molecule has 0 amide bonds. The molecule has 0 aliphatic carbocycles. The minimum absolute atomic E-state index is 0.0432. The second-order valence-electron chi connectivity index (χ2n) is 6.08. The molecular formula is C18H26FN5S. The highest BCUT2D eigenvalue weighted by Crippen LogP contribution is 2.18. The van der Waals surface area contributed by atoms with Gasteiger partial charge in [-0.05, 0) is 45.6 Å². The first-order valence-corrected chi connectivity index (χ1v) is 9.01. The normalized spacial score (nSPS) is 13.2. The SMILES string of the molecule is CN=C(NCc1sc(C)nc1C)NCC(c1cccc(F)c1)N(C)C. The van der Waals surface area contributed by atoms with Gasteiger partial charge in [-0.2, -0.15) is 0 Å². The molecule has 0 bridgehead atoms. The van der Waals surface area contributed by atoms with Crippen molar-refractivity contribution in [2.45, 2.75) is 26.4 Å². The zero-order valence-corrected chi connectivity index (χ0v) is 16.2. The lowest BCUT2D eigenvalue weighted by molar-refractivity contribution is 0.297. The fourth-order valence-corrected chi connectivity index (χ4v) is 3.50. The number of hydrogen-bond acceptors (Lipinski definition) is 4. The summed E-state index contributed by atoms with van der Waals surface area (Å²) in [5.41, 5.74) is 1.98. The molecule has 2 aromatic rings. The van der Waals surface area contributed by atoms with Crippen LogP contribution >= 0.6 is 11.3 Å². The fourth-order valence-electron chi connectivity index (χ4n) is 2.63. The van der Waals surface area contributed by atoms with Gasteiger partial charge in [-0.15, -0.1) is 11.3 Å². The van der Waals surface area contributed by atoms with Crippen molar-refractivity contribution in [1.82, 2.24) is 20.5 Å². The molecule has 2 N–H and O–H groups in total. The summed E-state index contributed by atoms with van der Waals surface area (Å²) in [4.78, 5) is 12.0. The van der Waals surface area contributed by atoms with E-state index in [1.54, 1.807) is 30.5 Å². The monoisotopic (exact) mass is 363 g/mol. The molecule has 0 aliphatic rings. The number of hydrogen-bond donors (Lipinski definition) is 2. The van der Waals surface area contributed by atoms with Crippen molar-refractivity contribution in [1.29, 1.82) is 0 Å². The van der Waals surface area contributed by atoms with E-state index < -0.39 is 0 Å². The Balaban J connectivity index is 1.97. The number of aryl methyl sites for hydroxylation is 2. The van der Waals surface area contributed by atoms with E-state index in [0.717, 1.165) is 16.3 Å². The molecule has 136 valence electrons. The smallest absolute Gasteiger partial charge is 0.191 e. The molecule has 1 aromatic carbocycles. The third kappa shape index (κ3) is 5.51. The van der Waals surface area contributed by atoms with Crippen molar-refractivity contribution < 1.29 is 4.39 Å². The summed E-state index contributed by atoms with van der Waals surface area (Å²) in [6.07, 6.45) is 0. The number of thiazole rings is 1. The summed E-state index contributed by atoms with van der Waals surface area (Å²) >= 11 is 1.69. The number of nitrogens with zero attached hydrogens (tertiary/aromatic N) is 3. The van der Waals surface area contributed by atoms with Crippen LogP contribution in [0.25, 0.3) is 0 Å². The molecule has 1 unspecified atom stereocenters. The minimum Gasteiger partial charge on any atom is -0.354 e. The molecule has 0 radical (unpaired) electrons. The second kappa shape index (κ2) is 8.92. The molecule has 25 heavy (non-hydrogen) atoms. The van der Waals surface area contributed by atoms with Crippen LogP contribution in [0.4, 0.5) is 4.39 Å². The zero-order valence-electron chi connectivity index (χ0n) is 15.4. The minimum atomic E-state index is -0.220. The third-order valence-corrected chi connectivity index (χ3v) is 5.03. The van der Waals surface area contributed by atoms with Gasteiger partial charge >= 0.3 is 0 Å². The molecule has 0 saturated heterocycles. The van der Waals surface area contributed by atoms with E-state index in [4.69, 9.17) is 0 Å². The highest BCUT2D eigenvalue weighted by Gasteiger charge is 2.15. The van der Waals surface area contributed by atoms with E-state index >= 15 is 0 Å². The Morgan fingerprint density at radius 3 is 2.64 bits per heavy atom. The number of rotatable bonds is 6. The third-order valence-electron chi connectivity index (χ3n) is 3.96. The van der Waals surface area contributed by atoms with Crippen LogP contribution in [0.3, 0.4) is 0 Å². The first-order chi connectivity index (χ1) is 11.9. The maximum atomic E-state index is 13.5. The van der Waals surface area contributed by atoms with E-state index in [2.05, 4.69) is 25.5 Å². The summed E-state index contributed by atoms with van der Waals surface area (Å²) in [6, 6.07) is 6.76. The Morgan fingerprint density at radius 2 is 2.08 bits per heavy atom. The topological polar surface area (TPSA) is 52.6 Å². The van der Waals surface area contributed by atoms with Crippen molar-refractivity contribution in [3.8, 4) is 0 Å². The zero-order chi connectivity index (χ0) is 18.4. The van der Waals surface area contributed by atoms with E-state index in [-0.39, 0.29) is 11.9 Å². The molecule has 0 fully saturated rings. The standard InChI is InChI=1S/C18H26FN5S/c1-12-17(25-13(2)23-12)11-22-18(20-3)21-10-16(24(4)5)14-7-6-8-15(19)9-14/h6-9,16H,10-11H2,1-5H3,(H2,20,21,22). The predicted octanol–water partition coefficient (Wildman–Crippen LogP) is 2.87. The molecular weight excluding hydrogens is 337 g/mol. The Morgan fingerprint density at radius 1 is 1.32 bits per heavy atom. The van der Waals surface area contributed by atoms with E-state index in [1.807, 2.05) is 34.0 Å². The lowest BCUT2D eigenvalue weighted by atomic mass is 10.1. The number of halogens is 1. The van der Waals surface area contributed by atoms with Gasteiger partial charge in [0.2, 0.25) is 0 Å². The van der Waals surface area contributed by atoms with Gasteiger partial charge in [0.25, 0.3) is 0 Å². The van der Waals surface area contributed by atoms with Gasteiger partial charge in [0.05, 0.1) is 23.3 Å². The predicted molar refractivity (Wildman–Crippen MR) is 103 cm³/mol. The van der Waals surface area contributed by atoms with Crippen LogP contribution in [-0.4, -0.2) is 43.5 Å². The van der Waals surface area contributed by atoms with Crippen LogP contribution < -0.4 is 10.6 Å². The Hall–Kier alpha value is -1.99. The van der Waals surface area contributed by atoms with Gasteiger partial charge in [0.1, 0.15) is 5.82 Å². The van der Waals surface area contributed by atoms with Gasteiger partial charge in [0.15, 0.2) is 5.96 Å². The second-order valence-corrected chi connectivity index (χ2v) is 7.37. The number of aromatic nitrogens is 1. The van der Waals surface area contributed by atoms with E-state index in [9.17, 15) is 4.39 Å². The van der Waals surface area contributed by atoms with Crippen molar-refractivity contribution >= 4 is 17.3 Å². The van der Waals surface area contributed by atoms with E-state index in [1.165, 1.54) is 10.9 Å². The number of benzene rings is 1. The van der Waals surface area contributed by atoms with Crippen LogP contribution in [0.15, 0.2) is 29.3 Å². The lowest BCUT2D eigenvalue weighted by Crippen LogP contribution is -2.41. The molecule has 5 nitrogen and oxygen atoms in total. The highest BCUT2D eigenvalue weighted by atomic mass is 32.1. The molecule has 1 heterocycles. The highest BCUT2D eigenvalue weighted by molar-refractivity contribution is 7.11. The maximum Gasteiger partial charge on any atom is 0.191 e. The van der Waals surface area contributed by atoms with Crippen LogP contribution in [0, 0.1) is 19.7 Å². The first kappa shape index (κ1) is 19.3. The average Bonchev–Trinajstić information content (AvgIpc) is 2.88. The lowest BCUT2D eigenvalue weighted by Gasteiger charge is -2.26. The van der Waals surface area contributed by atoms with Crippen molar-refractivity contribution in [3.05, 3.63) is 51.2 Å². The summed E-state index contributed by atoms with van der Waals surface area (Å²) in [7, 11) is 5.71. The van der Waals surface area contributed by atoms with Crippen molar-refractivity contribution in [2.75, 3.05) is 27.7 Å². The maximum absolute atomic E-state index is 13.5. The molecule has 7 heteroatoms. The number of nitrogens with one attached hydrogen (secondary N) is 2. The van der Waals surface area contributed by atoms with Crippen LogP contribution in [-0.2, 0) is 6.54 Å². The number of guanidine groups is 1. The summed E-state index contributed by atoms with van der Waals surface area (Å²) < 4.78 is 13.5. The van der Waals surface area contributed by atoms with Crippen LogP contribution in [0.1, 0.15) is 27.2 Å². The molecule has 0 aliphatic heterocycles. The van der Waals surface area contributed by atoms with Gasteiger partial charge in [-0.25, -0.2) is 9.37 Å². The molecule has 2 rings (SSSR count). The summed E-state index contributed by atoms with van der Waals surface area (Å²) in [5.74, 6) is 0.497. The van der Waals surface area contributed by atoms with E-state index in [0.29, 0.717) is 19.0 Å². The van der Waals surface area contributed by atoms with Crippen molar-refractivity contribution in [3.63, 3.8) is 0 Å². The van der Waals surface area contributed by atoms with Gasteiger partial charge < -0.3 is 15.5 Å². The quantitative estimate of drug-likeness (QED) is 0.612. The first-order valence-electron chi connectivity index (χ1n) is 8.20. The van der Waals surface area contributed by atoms with Gasteiger partial charge in [-0.1, -0.05) is 12.1 Å². The summed E-state index contributed by atoms with van der Waals surface area (Å²) in [5, 5.41) is 7.70. The average molecular weight is 364 g/mol. The molecule has 1 aromatic heterocycles. The number of likely N-dealkylation sites (N-methyl/N-ethyl adjacent to an activating group) is 1. The van der Waals surface area contributed by atoms with Crippen LogP contribution in [0.2, 0.25) is 0 Å². The fraction of sp³-hybridized carbons (Fsp3) is 0.444. The number of aliphatic imine (C=N–C) groups is 1. The van der Waals surface area contributed by atoms with Crippen molar-refractivity contribution in [2.24, 2.45) is 4.99 Å². The van der Waals surface area contributed by atoms with Crippen LogP contribution in [0.5, 0.6) is 0 Å². The largest absolute Gasteiger partial charge is 0.354 e. The molecule has 1 atom stereocenters.